The number of phenolic OH excluding ortho intramolecular Hbond substituents is 2. The number of rotatable bonds is 3. The Morgan fingerprint density at radius 2 is 1.84 bits per heavy atom. The van der Waals surface area contributed by atoms with Gasteiger partial charge in [0, 0.05) is 38.4 Å². The second-order valence-electron chi connectivity index (χ2n) is 4.93. The Labute approximate surface area is 112 Å². The van der Waals surface area contributed by atoms with Crippen LogP contribution in [-0.2, 0) is 4.74 Å². The van der Waals surface area contributed by atoms with Gasteiger partial charge in [-0.2, -0.15) is 0 Å². The number of carbonyl (C=O) groups excluding carboxylic acids is 1. The Hall–Kier alpha value is -1.75. The van der Waals surface area contributed by atoms with Crippen molar-refractivity contribution in [1.29, 1.82) is 0 Å². The lowest BCUT2D eigenvalue weighted by molar-refractivity contribution is 0.0613. The van der Waals surface area contributed by atoms with Gasteiger partial charge in [-0.3, -0.25) is 4.79 Å². The van der Waals surface area contributed by atoms with Crippen molar-refractivity contribution in [2.24, 2.45) is 5.92 Å². The molecule has 0 atom stereocenters. The number of phenols is 2. The number of hydrogen-bond donors (Lipinski definition) is 2. The predicted octanol–water partition coefficient (Wildman–Crippen LogP) is 1.60. The van der Waals surface area contributed by atoms with Gasteiger partial charge in [0.05, 0.1) is 0 Å². The van der Waals surface area contributed by atoms with E-state index in [0.29, 0.717) is 24.6 Å². The third-order valence-electron chi connectivity index (χ3n) is 3.45. The molecular formula is C14H19NO4. The van der Waals surface area contributed by atoms with Crippen molar-refractivity contribution in [3.05, 3.63) is 23.8 Å². The van der Waals surface area contributed by atoms with Crippen LogP contribution in [0.2, 0.25) is 0 Å². The fourth-order valence-corrected chi connectivity index (χ4v) is 2.44. The van der Waals surface area contributed by atoms with E-state index in [1.807, 2.05) is 0 Å². The van der Waals surface area contributed by atoms with Crippen LogP contribution in [0.3, 0.4) is 0 Å². The van der Waals surface area contributed by atoms with Crippen LogP contribution in [0.4, 0.5) is 0 Å². The van der Waals surface area contributed by atoms with Crippen molar-refractivity contribution >= 4 is 5.91 Å². The molecule has 1 aromatic carbocycles. The van der Waals surface area contributed by atoms with Gasteiger partial charge in [-0.15, -0.1) is 0 Å². The summed E-state index contributed by atoms with van der Waals surface area (Å²) in [4.78, 5) is 14.0. The average molecular weight is 265 g/mol. The molecule has 5 nitrogen and oxygen atoms in total. The molecule has 0 bridgehead atoms. The van der Waals surface area contributed by atoms with Crippen LogP contribution in [0.5, 0.6) is 11.5 Å². The van der Waals surface area contributed by atoms with E-state index in [1.54, 1.807) is 12.0 Å². The first-order valence-corrected chi connectivity index (χ1v) is 6.41. The minimum Gasteiger partial charge on any atom is -0.508 e. The maximum absolute atomic E-state index is 12.2. The number of amides is 1. The minimum atomic E-state index is -0.151. The first-order valence-electron chi connectivity index (χ1n) is 6.41. The zero-order valence-electron chi connectivity index (χ0n) is 11.0. The molecule has 1 heterocycles. The number of nitrogens with zero attached hydrogens (tertiary/aromatic N) is 1. The molecule has 1 aromatic rings. The second-order valence-corrected chi connectivity index (χ2v) is 4.93. The molecule has 2 N–H and O–H groups in total. The number of likely N-dealkylation sites (tertiary alicyclic amines) is 1. The SMILES string of the molecule is COCC1CCN(C(=O)c2cc(O)cc(O)c2)CC1. The van der Waals surface area contributed by atoms with Crippen molar-refractivity contribution < 1.29 is 19.7 Å². The van der Waals surface area contributed by atoms with E-state index in [0.717, 1.165) is 19.4 Å². The van der Waals surface area contributed by atoms with Crippen LogP contribution in [0.25, 0.3) is 0 Å². The molecule has 1 aliphatic heterocycles. The van der Waals surface area contributed by atoms with E-state index in [1.165, 1.54) is 18.2 Å². The monoisotopic (exact) mass is 265 g/mol. The number of hydrogen-bond acceptors (Lipinski definition) is 4. The zero-order valence-corrected chi connectivity index (χ0v) is 11.0. The largest absolute Gasteiger partial charge is 0.508 e. The lowest BCUT2D eigenvalue weighted by Gasteiger charge is -2.31. The highest BCUT2D eigenvalue weighted by molar-refractivity contribution is 5.95. The number of ether oxygens (including phenoxy) is 1. The van der Waals surface area contributed by atoms with Gasteiger partial charge in [0.25, 0.3) is 5.91 Å². The molecule has 0 aromatic heterocycles. The van der Waals surface area contributed by atoms with Crippen molar-refractivity contribution in [1.82, 2.24) is 4.90 Å². The summed E-state index contributed by atoms with van der Waals surface area (Å²) in [7, 11) is 1.69. The average Bonchev–Trinajstić information content (AvgIpc) is 2.38. The molecule has 0 radical (unpaired) electrons. The first-order chi connectivity index (χ1) is 9.10. The summed E-state index contributed by atoms with van der Waals surface area (Å²) in [6.45, 7) is 2.10. The first kappa shape index (κ1) is 13.7. The molecule has 2 rings (SSSR count). The molecule has 5 heteroatoms. The number of methoxy groups -OCH3 is 1. The van der Waals surface area contributed by atoms with Gasteiger partial charge in [0.2, 0.25) is 0 Å². The highest BCUT2D eigenvalue weighted by Gasteiger charge is 2.24. The highest BCUT2D eigenvalue weighted by atomic mass is 16.5. The summed E-state index contributed by atoms with van der Waals surface area (Å²) in [6, 6.07) is 3.97. The summed E-state index contributed by atoms with van der Waals surface area (Å²) in [5.74, 6) is 0.156. The summed E-state index contributed by atoms with van der Waals surface area (Å²) in [5, 5.41) is 18.8. The van der Waals surface area contributed by atoms with Crippen LogP contribution >= 0.6 is 0 Å². The van der Waals surface area contributed by atoms with Crippen molar-refractivity contribution in [3.8, 4) is 11.5 Å². The number of piperidine rings is 1. The Morgan fingerprint density at radius 1 is 1.26 bits per heavy atom. The Morgan fingerprint density at radius 3 is 2.37 bits per heavy atom. The lowest BCUT2D eigenvalue weighted by atomic mass is 9.97. The summed E-state index contributed by atoms with van der Waals surface area (Å²) in [6.07, 6.45) is 1.84. The van der Waals surface area contributed by atoms with Crippen LogP contribution in [0.1, 0.15) is 23.2 Å². The van der Waals surface area contributed by atoms with Crippen molar-refractivity contribution in [2.75, 3.05) is 26.8 Å². The van der Waals surface area contributed by atoms with Gasteiger partial charge in [-0.25, -0.2) is 0 Å². The van der Waals surface area contributed by atoms with Crippen LogP contribution < -0.4 is 0 Å². The summed E-state index contributed by atoms with van der Waals surface area (Å²) >= 11 is 0. The fourth-order valence-electron chi connectivity index (χ4n) is 2.44. The number of aromatic hydroxyl groups is 2. The Kier molecular flexibility index (Phi) is 4.27. The predicted molar refractivity (Wildman–Crippen MR) is 70.3 cm³/mol. The van der Waals surface area contributed by atoms with Gasteiger partial charge in [0.15, 0.2) is 0 Å². The molecule has 0 unspecified atom stereocenters. The van der Waals surface area contributed by atoms with E-state index in [2.05, 4.69) is 0 Å². The third kappa shape index (κ3) is 3.38. The zero-order chi connectivity index (χ0) is 13.8. The number of benzene rings is 1. The quantitative estimate of drug-likeness (QED) is 0.871. The van der Waals surface area contributed by atoms with E-state index in [4.69, 9.17) is 4.74 Å². The van der Waals surface area contributed by atoms with Crippen LogP contribution in [0.15, 0.2) is 18.2 Å². The van der Waals surface area contributed by atoms with Gasteiger partial charge < -0.3 is 19.8 Å². The van der Waals surface area contributed by atoms with Crippen LogP contribution in [0, 0.1) is 5.92 Å². The highest BCUT2D eigenvalue weighted by Crippen LogP contribution is 2.24. The van der Waals surface area contributed by atoms with Crippen molar-refractivity contribution in [2.45, 2.75) is 12.8 Å². The molecule has 1 aliphatic rings. The van der Waals surface area contributed by atoms with E-state index < -0.39 is 0 Å². The van der Waals surface area contributed by atoms with Gasteiger partial charge in [-0.05, 0) is 30.9 Å². The molecular weight excluding hydrogens is 246 g/mol. The van der Waals surface area contributed by atoms with Crippen molar-refractivity contribution in [3.63, 3.8) is 0 Å². The molecule has 1 saturated heterocycles. The maximum Gasteiger partial charge on any atom is 0.254 e. The Balaban J connectivity index is 2.01. The number of carbonyl (C=O) groups is 1. The third-order valence-corrected chi connectivity index (χ3v) is 3.45. The molecule has 0 saturated carbocycles. The Bertz CT molecular complexity index is 433. The molecule has 1 amide bonds. The molecule has 1 fully saturated rings. The molecule has 19 heavy (non-hydrogen) atoms. The summed E-state index contributed by atoms with van der Waals surface area (Å²) in [5.41, 5.74) is 0.322. The van der Waals surface area contributed by atoms with E-state index in [9.17, 15) is 15.0 Å². The molecule has 0 spiro atoms. The lowest BCUT2D eigenvalue weighted by Crippen LogP contribution is -2.39. The smallest absolute Gasteiger partial charge is 0.254 e. The summed E-state index contributed by atoms with van der Waals surface area (Å²) < 4.78 is 5.12. The normalized spacial score (nSPS) is 16.6. The maximum atomic E-state index is 12.2. The second kappa shape index (κ2) is 5.93. The molecule has 0 aliphatic carbocycles. The van der Waals surface area contributed by atoms with Gasteiger partial charge in [0.1, 0.15) is 11.5 Å². The molecule has 104 valence electrons. The standard InChI is InChI=1S/C14H19NO4/c1-19-9-10-2-4-15(5-3-10)14(18)11-6-12(16)8-13(17)7-11/h6-8,10,16-17H,2-5,9H2,1H3. The topological polar surface area (TPSA) is 70.0 Å². The fraction of sp³-hybridized carbons (Fsp3) is 0.500. The van der Waals surface area contributed by atoms with Gasteiger partial charge >= 0.3 is 0 Å². The van der Waals surface area contributed by atoms with E-state index in [-0.39, 0.29) is 17.4 Å². The van der Waals surface area contributed by atoms with Gasteiger partial charge in [-0.1, -0.05) is 0 Å². The van der Waals surface area contributed by atoms with E-state index >= 15 is 0 Å². The van der Waals surface area contributed by atoms with Crippen LogP contribution in [-0.4, -0.2) is 47.8 Å². The minimum absolute atomic E-state index is 0.0994.